The second-order valence-electron chi connectivity index (χ2n) is 7.14. The first-order valence-corrected chi connectivity index (χ1v) is 8.99. The van der Waals surface area contributed by atoms with Crippen LogP contribution in [0.4, 0.5) is 5.82 Å². The minimum absolute atomic E-state index is 0.0195. The van der Waals surface area contributed by atoms with Gasteiger partial charge in [0.05, 0.1) is 17.7 Å². The predicted octanol–water partition coefficient (Wildman–Crippen LogP) is 2.22. The molecule has 1 atom stereocenters. The number of carbonyl (C=O) groups excluding carboxylic acids is 1. The largest absolute Gasteiger partial charge is 0.486 e. The van der Waals surface area contributed by atoms with Crippen molar-refractivity contribution < 1.29 is 19.4 Å². The Balaban J connectivity index is 1.46. The Morgan fingerprint density at radius 1 is 1.26 bits per heavy atom. The quantitative estimate of drug-likeness (QED) is 0.691. The number of rotatable bonds is 7. The summed E-state index contributed by atoms with van der Waals surface area (Å²) in [5, 5.41) is 15.3. The summed E-state index contributed by atoms with van der Waals surface area (Å²) in [5.74, 6) is 1.91. The summed E-state index contributed by atoms with van der Waals surface area (Å²) in [4.78, 5) is 16.5. The number of aliphatic hydroxyl groups is 1. The van der Waals surface area contributed by atoms with Gasteiger partial charge in [0.15, 0.2) is 11.5 Å². The van der Waals surface area contributed by atoms with Crippen LogP contribution < -0.4 is 20.1 Å². The molecule has 1 amide bonds. The Morgan fingerprint density at radius 2 is 2.04 bits per heavy atom. The molecule has 1 aliphatic heterocycles. The highest BCUT2D eigenvalue weighted by molar-refractivity contribution is 5.94. The van der Waals surface area contributed by atoms with Gasteiger partial charge in [-0.3, -0.25) is 4.79 Å². The number of carbonyl (C=O) groups is 1. The van der Waals surface area contributed by atoms with E-state index in [2.05, 4.69) is 15.6 Å². The zero-order valence-corrected chi connectivity index (χ0v) is 15.6. The Kier molecular flexibility index (Phi) is 5.81. The lowest BCUT2D eigenvalue weighted by Crippen LogP contribution is -2.35. The highest BCUT2D eigenvalue weighted by atomic mass is 16.6. The van der Waals surface area contributed by atoms with Crippen molar-refractivity contribution in [3.63, 3.8) is 0 Å². The molecule has 0 saturated heterocycles. The van der Waals surface area contributed by atoms with Gasteiger partial charge >= 0.3 is 0 Å². The molecule has 0 aliphatic carbocycles. The summed E-state index contributed by atoms with van der Waals surface area (Å²) >= 11 is 0. The van der Waals surface area contributed by atoms with Crippen LogP contribution in [-0.2, 0) is 0 Å². The first kappa shape index (κ1) is 19.0. The van der Waals surface area contributed by atoms with E-state index in [4.69, 9.17) is 9.47 Å². The van der Waals surface area contributed by atoms with Gasteiger partial charge in [-0.25, -0.2) is 4.98 Å². The second-order valence-corrected chi connectivity index (χ2v) is 7.14. The number of nitrogens with zero attached hydrogens (tertiary/aromatic N) is 1. The molecule has 0 bridgehead atoms. The van der Waals surface area contributed by atoms with Crippen molar-refractivity contribution in [1.29, 1.82) is 0 Å². The summed E-state index contributed by atoms with van der Waals surface area (Å²) in [5.41, 5.74) is 0.00536. The standard InChI is InChI=1S/C20H25N3O4/c1-20(2,13-24)23-18-8-7-14(11-22-18)19(25)21-10-9-15-12-26-16-5-3-4-6-17(16)27-15/h3-8,11,15,24H,9-10,12-13H2,1-2H3,(H,21,25)(H,22,23)/t15-/m0/s1. The van der Waals surface area contributed by atoms with Crippen molar-refractivity contribution in [2.75, 3.05) is 25.1 Å². The lowest BCUT2D eigenvalue weighted by molar-refractivity contribution is 0.0812. The first-order valence-electron chi connectivity index (χ1n) is 8.99. The molecule has 0 fully saturated rings. The molecule has 3 rings (SSSR count). The van der Waals surface area contributed by atoms with E-state index >= 15 is 0 Å². The summed E-state index contributed by atoms with van der Waals surface area (Å²) in [6, 6.07) is 11.0. The lowest BCUT2D eigenvalue weighted by atomic mass is 10.1. The molecule has 2 heterocycles. The van der Waals surface area contributed by atoms with Gasteiger partial charge in [0.1, 0.15) is 18.5 Å². The van der Waals surface area contributed by atoms with Crippen molar-refractivity contribution in [3.05, 3.63) is 48.2 Å². The van der Waals surface area contributed by atoms with E-state index in [1.54, 1.807) is 12.1 Å². The molecule has 1 aromatic carbocycles. The van der Waals surface area contributed by atoms with Crippen molar-refractivity contribution in [2.24, 2.45) is 0 Å². The maximum absolute atomic E-state index is 12.3. The maximum atomic E-state index is 12.3. The number of amides is 1. The van der Waals surface area contributed by atoms with Gasteiger partial charge in [0.25, 0.3) is 5.91 Å². The van der Waals surface area contributed by atoms with Gasteiger partial charge in [-0.2, -0.15) is 0 Å². The number of hydrogen-bond acceptors (Lipinski definition) is 6. The average molecular weight is 371 g/mol. The van der Waals surface area contributed by atoms with Gasteiger partial charge in [-0.1, -0.05) is 12.1 Å². The number of aliphatic hydroxyl groups excluding tert-OH is 1. The fraction of sp³-hybridized carbons (Fsp3) is 0.400. The molecule has 1 aliphatic rings. The topological polar surface area (TPSA) is 92.7 Å². The normalized spacial score (nSPS) is 15.9. The first-order chi connectivity index (χ1) is 13.0. The third kappa shape index (κ3) is 5.10. The van der Waals surface area contributed by atoms with Crippen LogP contribution in [0.3, 0.4) is 0 Å². The number of benzene rings is 1. The van der Waals surface area contributed by atoms with Crippen molar-refractivity contribution in [3.8, 4) is 11.5 Å². The molecule has 2 aromatic rings. The van der Waals surface area contributed by atoms with Gasteiger partial charge in [-0.15, -0.1) is 0 Å². The molecule has 0 spiro atoms. The Morgan fingerprint density at radius 3 is 2.74 bits per heavy atom. The molecule has 27 heavy (non-hydrogen) atoms. The van der Waals surface area contributed by atoms with E-state index in [0.717, 1.165) is 11.5 Å². The molecule has 7 heteroatoms. The number of ether oxygens (including phenoxy) is 2. The summed E-state index contributed by atoms with van der Waals surface area (Å²) in [6.45, 7) is 4.66. The molecule has 0 radical (unpaired) electrons. The smallest absolute Gasteiger partial charge is 0.252 e. The summed E-state index contributed by atoms with van der Waals surface area (Å²) in [6.07, 6.45) is 2.07. The number of nitrogens with one attached hydrogen (secondary N) is 2. The van der Waals surface area contributed by atoms with Crippen LogP contribution in [0.5, 0.6) is 11.5 Å². The Labute approximate surface area is 158 Å². The van der Waals surface area contributed by atoms with E-state index in [9.17, 15) is 9.90 Å². The van der Waals surface area contributed by atoms with Crippen LogP contribution in [0.2, 0.25) is 0 Å². The fourth-order valence-corrected chi connectivity index (χ4v) is 2.64. The monoisotopic (exact) mass is 371 g/mol. The van der Waals surface area contributed by atoms with Crippen molar-refractivity contribution in [2.45, 2.75) is 31.9 Å². The maximum Gasteiger partial charge on any atom is 0.252 e. The van der Waals surface area contributed by atoms with Crippen LogP contribution in [0.25, 0.3) is 0 Å². The Bertz CT molecular complexity index is 777. The van der Waals surface area contributed by atoms with Crippen LogP contribution in [0, 0.1) is 0 Å². The number of aromatic nitrogens is 1. The zero-order chi connectivity index (χ0) is 19.3. The van der Waals surface area contributed by atoms with Crippen LogP contribution in [0.1, 0.15) is 30.6 Å². The van der Waals surface area contributed by atoms with E-state index in [1.807, 2.05) is 38.1 Å². The van der Waals surface area contributed by atoms with Gasteiger partial charge in [0, 0.05) is 19.2 Å². The number of pyridine rings is 1. The lowest BCUT2D eigenvalue weighted by Gasteiger charge is -2.26. The second kappa shape index (κ2) is 8.26. The van der Waals surface area contributed by atoms with Gasteiger partial charge in [0.2, 0.25) is 0 Å². The Hall–Kier alpha value is -2.80. The predicted molar refractivity (Wildman–Crippen MR) is 102 cm³/mol. The average Bonchev–Trinajstić information content (AvgIpc) is 2.68. The minimum atomic E-state index is -0.475. The molecule has 0 unspecified atom stereocenters. The molecular formula is C20H25N3O4. The van der Waals surface area contributed by atoms with E-state index < -0.39 is 5.54 Å². The third-order valence-corrected chi connectivity index (χ3v) is 4.21. The SMILES string of the molecule is CC(C)(CO)Nc1ccc(C(=O)NCC[C@H]2COc3ccccc3O2)cn1. The van der Waals surface area contributed by atoms with E-state index in [-0.39, 0.29) is 18.6 Å². The van der Waals surface area contributed by atoms with Crippen LogP contribution >= 0.6 is 0 Å². The van der Waals surface area contributed by atoms with Crippen molar-refractivity contribution in [1.82, 2.24) is 10.3 Å². The molecule has 7 nitrogen and oxygen atoms in total. The molecular weight excluding hydrogens is 346 g/mol. The molecule has 144 valence electrons. The number of hydrogen-bond donors (Lipinski definition) is 3. The van der Waals surface area contributed by atoms with E-state index in [0.29, 0.717) is 31.0 Å². The zero-order valence-electron chi connectivity index (χ0n) is 15.6. The molecule has 1 aromatic heterocycles. The highest BCUT2D eigenvalue weighted by Gasteiger charge is 2.20. The minimum Gasteiger partial charge on any atom is -0.486 e. The molecule has 3 N–H and O–H groups in total. The fourth-order valence-electron chi connectivity index (χ4n) is 2.64. The van der Waals surface area contributed by atoms with Crippen LogP contribution in [0.15, 0.2) is 42.6 Å². The van der Waals surface area contributed by atoms with Gasteiger partial charge < -0.3 is 25.2 Å². The number of para-hydroxylation sites is 2. The highest BCUT2D eigenvalue weighted by Crippen LogP contribution is 2.31. The van der Waals surface area contributed by atoms with Crippen LogP contribution in [-0.4, -0.2) is 47.4 Å². The van der Waals surface area contributed by atoms with Crippen molar-refractivity contribution >= 4 is 11.7 Å². The summed E-state index contributed by atoms with van der Waals surface area (Å²) in [7, 11) is 0. The molecule has 0 saturated carbocycles. The van der Waals surface area contributed by atoms with E-state index in [1.165, 1.54) is 6.20 Å². The number of anilines is 1. The third-order valence-electron chi connectivity index (χ3n) is 4.21. The summed E-state index contributed by atoms with van der Waals surface area (Å²) < 4.78 is 11.5. The number of fused-ring (bicyclic) bond motifs is 1. The van der Waals surface area contributed by atoms with Gasteiger partial charge in [-0.05, 0) is 38.1 Å².